The Morgan fingerprint density at radius 1 is 1.14 bits per heavy atom. The molecule has 0 fully saturated rings. The van der Waals surface area contributed by atoms with Gasteiger partial charge in [-0.3, -0.25) is 4.79 Å². The van der Waals surface area contributed by atoms with Crippen molar-refractivity contribution in [1.29, 1.82) is 0 Å². The van der Waals surface area contributed by atoms with Crippen molar-refractivity contribution in [2.24, 2.45) is 5.10 Å². The number of phenolic OH excluding ortho intramolecular Hbond substituents is 1. The second-order valence-electron chi connectivity index (χ2n) is 4.18. The van der Waals surface area contributed by atoms with Crippen LogP contribution in [0.3, 0.4) is 0 Å². The maximum absolute atomic E-state index is 11.9. The van der Waals surface area contributed by atoms with Crippen molar-refractivity contribution in [2.45, 2.75) is 0 Å². The van der Waals surface area contributed by atoms with Crippen molar-refractivity contribution in [3.63, 3.8) is 0 Å². The van der Waals surface area contributed by atoms with Crippen LogP contribution < -0.4 is 5.43 Å². The smallest absolute Gasteiger partial charge is 0.271 e. The van der Waals surface area contributed by atoms with Gasteiger partial charge in [0.1, 0.15) is 5.75 Å². The molecule has 0 radical (unpaired) electrons. The molecule has 4 nitrogen and oxygen atoms in total. The number of halogens is 4. The molecule has 2 rings (SSSR count). The minimum atomic E-state index is -0.485. The van der Waals surface area contributed by atoms with Crippen LogP contribution in [0.15, 0.2) is 39.9 Å². The van der Waals surface area contributed by atoms with Gasteiger partial charge in [-0.15, -0.1) is 0 Å². The van der Waals surface area contributed by atoms with E-state index in [1.807, 2.05) is 0 Å². The predicted molar refractivity (Wildman–Crippen MR) is 92.3 cm³/mol. The van der Waals surface area contributed by atoms with E-state index in [4.69, 9.17) is 34.8 Å². The Kier molecular flexibility index (Phi) is 5.69. The van der Waals surface area contributed by atoms with Crippen molar-refractivity contribution in [3.8, 4) is 5.75 Å². The zero-order chi connectivity index (χ0) is 16.3. The first-order valence-corrected chi connectivity index (χ1v) is 7.77. The fourth-order valence-corrected chi connectivity index (χ4v) is 2.95. The second-order valence-corrected chi connectivity index (χ2v) is 6.38. The zero-order valence-electron chi connectivity index (χ0n) is 10.8. The Balaban J connectivity index is 2.14. The third-order valence-electron chi connectivity index (χ3n) is 2.55. The van der Waals surface area contributed by atoms with Gasteiger partial charge in [0.15, 0.2) is 0 Å². The molecule has 0 aliphatic carbocycles. The molecule has 0 aliphatic heterocycles. The van der Waals surface area contributed by atoms with Gasteiger partial charge in [-0.05, 0) is 30.3 Å². The van der Waals surface area contributed by atoms with Crippen molar-refractivity contribution in [3.05, 3.63) is 61.0 Å². The van der Waals surface area contributed by atoms with E-state index < -0.39 is 5.91 Å². The molecule has 0 saturated heterocycles. The van der Waals surface area contributed by atoms with Crippen LogP contribution in [0.5, 0.6) is 5.75 Å². The number of hydrazone groups is 1. The first kappa shape index (κ1) is 17.1. The molecule has 114 valence electrons. The first-order chi connectivity index (χ1) is 10.4. The molecule has 1 amide bonds. The van der Waals surface area contributed by atoms with Crippen LogP contribution in [0.2, 0.25) is 15.1 Å². The Labute approximate surface area is 149 Å². The van der Waals surface area contributed by atoms with Gasteiger partial charge in [0.25, 0.3) is 5.91 Å². The number of nitrogens with one attached hydrogen (secondary N) is 1. The molecular formula is C14H8BrCl3N2O2. The average Bonchev–Trinajstić information content (AvgIpc) is 2.42. The lowest BCUT2D eigenvalue weighted by Gasteiger charge is -2.04. The molecule has 2 aromatic carbocycles. The molecular weight excluding hydrogens is 414 g/mol. The van der Waals surface area contributed by atoms with Crippen LogP contribution >= 0.6 is 50.7 Å². The summed E-state index contributed by atoms with van der Waals surface area (Å²) in [6, 6.07) is 7.59. The molecule has 0 spiro atoms. The van der Waals surface area contributed by atoms with E-state index >= 15 is 0 Å². The van der Waals surface area contributed by atoms with E-state index in [1.54, 1.807) is 12.1 Å². The van der Waals surface area contributed by atoms with Crippen LogP contribution in [-0.4, -0.2) is 17.2 Å². The topological polar surface area (TPSA) is 61.7 Å². The monoisotopic (exact) mass is 420 g/mol. The highest BCUT2D eigenvalue weighted by Crippen LogP contribution is 2.30. The summed E-state index contributed by atoms with van der Waals surface area (Å²) >= 11 is 20.7. The van der Waals surface area contributed by atoms with Gasteiger partial charge >= 0.3 is 0 Å². The molecule has 0 atom stereocenters. The summed E-state index contributed by atoms with van der Waals surface area (Å²) in [7, 11) is 0. The number of phenols is 1. The molecule has 0 saturated carbocycles. The quantitative estimate of drug-likeness (QED) is 0.547. The zero-order valence-corrected chi connectivity index (χ0v) is 14.6. The minimum absolute atomic E-state index is 0.131. The first-order valence-electron chi connectivity index (χ1n) is 5.84. The lowest BCUT2D eigenvalue weighted by molar-refractivity contribution is 0.0955. The molecule has 0 bridgehead atoms. The molecule has 0 aromatic heterocycles. The van der Waals surface area contributed by atoms with Crippen molar-refractivity contribution >= 4 is 62.9 Å². The van der Waals surface area contributed by atoms with E-state index in [1.165, 1.54) is 24.4 Å². The normalized spacial score (nSPS) is 10.9. The number of carbonyl (C=O) groups is 1. The molecule has 2 N–H and O–H groups in total. The summed E-state index contributed by atoms with van der Waals surface area (Å²) in [5, 5.41) is 14.4. The fraction of sp³-hybridized carbons (Fsp3) is 0. The largest absolute Gasteiger partial charge is 0.506 e. The third kappa shape index (κ3) is 4.36. The van der Waals surface area contributed by atoms with Gasteiger partial charge in [-0.2, -0.15) is 5.10 Å². The summed E-state index contributed by atoms with van der Waals surface area (Å²) < 4.78 is 0.671. The number of hydrogen-bond donors (Lipinski definition) is 2. The van der Waals surface area contributed by atoms with Gasteiger partial charge in [0.2, 0.25) is 0 Å². The van der Waals surface area contributed by atoms with Gasteiger partial charge in [0.05, 0.1) is 11.2 Å². The summed E-state index contributed by atoms with van der Waals surface area (Å²) in [5.74, 6) is -0.616. The number of aromatic hydroxyl groups is 1. The molecule has 8 heteroatoms. The van der Waals surface area contributed by atoms with Gasteiger partial charge in [0, 0.05) is 25.6 Å². The second kappa shape index (κ2) is 7.33. The number of hydrogen-bond acceptors (Lipinski definition) is 3. The Morgan fingerprint density at radius 3 is 2.41 bits per heavy atom. The van der Waals surface area contributed by atoms with Crippen molar-refractivity contribution < 1.29 is 9.90 Å². The predicted octanol–water partition coefficient (Wildman–Crippen LogP) is 4.88. The summed E-state index contributed by atoms with van der Waals surface area (Å²) in [5.41, 5.74) is 2.93. The number of carbonyl (C=O) groups excluding carboxylic acids is 1. The lowest BCUT2D eigenvalue weighted by atomic mass is 10.2. The lowest BCUT2D eigenvalue weighted by Crippen LogP contribution is -2.17. The Bertz CT molecular complexity index is 746. The van der Waals surface area contributed by atoms with Crippen LogP contribution in [0, 0.1) is 0 Å². The van der Waals surface area contributed by atoms with E-state index in [-0.39, 0.29) is 16.3 Å². The van der Waals surface area contributed by atoms with E-state index in [0.717, 1.165) is 0 Å². The van der Waals surface area contributed by atoms with Crippen LogP contribution in [-0.2, 0) is 0 Å². The van der Waals surface area contributed by atoms with Gasteiger partial charge in [-0.1, -0.05) is 50.7 Å². The molecule has 22 heavy (non-hydrogen) atoms. The highest BCUT2D eigenvalue weighted by molar-refractivity contribution is 9.10. The average molecular weight is 422 g/mol. The minimum Gasteiger partial charge on any atom is -0.506 e. The van der Waals surface area contributed by atoms with Crippen LogP contribution in [0.4, 0.5) is 0 Å². The molecule has 2 aromatic rings. The highest BCUT2D eigenvalue weighted by Gasteiger charge is 2.08. The number of amides is 1. The number of nitrogens with zero attached hydrogens (tertiary/aromatic N) is 1. The summed E-state index contributed by atoms with van der Waals surface area (Å²) in [4.78, 5) is 11.9. The summed E-state index contributed by atoms with van der Waals surface area (Å²) in [6.45, 7) is 0. The van der Waals surface area contributed by atoms with E-state index in [0.29, 0.717) is 20.1 Å². The standard InChI is InChI=1S/C14H8BrCl3N2O2/c15-9-1-8(13(21)12(18)4-9)6-19-20-14(22)7-2-10(16)5-11(17)3-7/h1-6,21H,(H,20,22). The maximum Gasteiger partial charge on any atom is 0.271 e. The fourth-order valence-electron chi connectivity index (χ4n) is 1.59. The number of rotatable bonds is 3. The Morgan fingerprint density at radius 2 is 1.77 bits per heavy atom. The van der Waals surface area contributed by atoms with Crippen molar-refractivity contribution in [1.82, 2.24) is 5.43 Å². The Hall–Kier alpha value is -1.27. The van der Waals surface area contributed by atoms with E-state index in [2.05, 4.69) is 26.5 Å². The number of benzene rings is 2. The summed E-state index contributed by atoms with van der Waals surface area (Å²) in [6.07, 6.45) is 1.27. The van der Waals surface area contributed by atoms with Crippen molar-refractivity contribution in [2.75, 3.05) is 0 Å². The van der Waals surface area contributed by atoms with Gasteiger partial charge in [-0.25, -0.2) is 5.43 Å². The third-order valence-corrected chi connectivity index (χ3v) is 3.73. The van der Waals surface area contributed by atoms with Gasteiger partial charge < -0.3 is 5.11 Å². The van der Waals surface area contributed by atoms with Crippen LogP contribution in [0.1, 0.15) is 15.9 Å². The van der Waals surface area contributed by atoms with Crippen LogP contribution in [0.25, 0.3) is 0 Å². The molecule has 0 aliphatic rings. The van der Waals surface area contributed by atoms with E-state index in [9.17, 15) is 9.90 Å². The molecule has 0 unspecified atom stereocenters. The molecule has 0 heterocycles. The SMILES string of the molecule is O=C(NN=Cc1cc(Br)cc(Cl)c1O)c1cc(Cl)cc(Cl)c1. The maximum atomic E-state index is 11.9. The highest BCUT2D eigenvalue weighted by atomic mass is 79.9.